The number of hydrogen-bond acceptors (Lipinski definition) is 3. The zero-order chi connectivity index (χ0) is 20.9. The number of hydrogen-bond donors (Lipinski definition) is 2. The fraction of sp³-hybridized carbons (Fsp3) is 0.174. The number of benzene rings is 3. The summed E-state index contributed by atoms with van der Waals surface area (Å²) in [6.07, 6.45) is 0. The van der Waals surface area contributed by atoms with E-state index in [1.165, 1.54) is 0 Å². The van der Waals surface area contributed by atoms with Gasteiger partial charge in [-0.05, 0) is 42.7 Å². The van der Waals surface area contributed by atoms with Gasteiger partial charge >= 0.3 is 0 Å². The van der Waals surface area contributed by atoms with Crippen molar-refractivity contribution in [1.82, 2.24) is 5.32 Å². The average molecular weight is 409 g/mol. The second-order valence-electron chi connectivity index (χ2n) is 6.99. The predicted molar refractivity (Wildman–Crippen MR) is 116 cm³/mol. The van der Waals surface area contributed by atoms with Crippen LogP contribution in [0, 0.1) is 6.92 Å². The van der Waals surface area contributed by atoms with Gasteiger partial charge in [0.2, 0.25) is 0 Å². The number of sulfonamides is 1. The first kappa shape index (κ1) is 20.6. The van der Waals surface area contributed by atoms with E-state index in [1.807, 2.05) is 44.2 Å². The number of rotatable bonds is 7. The second kappa shape index (κ2) is 8.92. The number of para-hydroxylation sites is 1. The van der Waals surface area contributed by atoms with Crippen LogP contribution >= 0.6 is 0 Å². The lowest BCUT2D eigenvalue weighted by atomic mass is 10.0. The minimum Gasteiger partial charge on any atom is -0.351 e. The standard InChI is InChI=1S/C23H24N2O3S/c1-17-12-14-20(15-13-17)29(27,28)25-22-11-7-6-10-21(22)23(26)24-16-18(2)19-8-4-3-5-9-19/h3-15,18,25H,16H2,1-2H3,(H,24,26)/t18-/m0/s1. The molecule has 0 spiro atoms. The van der Waals surface area contributed by atoms with Crippen LogP contribution in [0.1, 0.15) is 34.3 Å². The molecule has 150 valence electrons. The summed E-state index contributed by atoms with van der Waals surface area (Å²) in [6, 6.07) is 23.0. The molecule has 0 fully saturated rings. The third-order valence-corrected chi connectivity index (χ3v) is 6.07. The highest BCUT2D eigenvalue weighted by molar-refractivity contribution is 7.92. The Balaban J connectivity index is 1.74. The molecule has 0 bridgehead atoms. The second-order valence-corrected chi connectivity index (χ2v) is 8.67. The van der Waals surface area contributed by atoms with Crippen LogP contribution in [0.4, 0.5) is 5.69 Å². The molecule has 0 aliphatic rings. The van der Waals surface area contributed by atoms with Crippen molar-refractivity contribution in [3.05, 3.63) is 95.6 Å². The summed E-state index contributed by atoms with van der Waals surface area (Å²) in [7, 11) is -3.79. The van der Waals surface area contributed by atoms with E-state index in [4.69, 9.17) is 0 Å². The van der Waals surface area contributed by atoms with Crippen molar-refractivity contribution in [2.24, 2.45) is 0 Å². The van der Waals surface area contributed by atoms with Crippen LogP contribution in [-0.4, -0.2) is 20.9 Å². The van der Waals surface area contributed by atoms with Crippen LogP contribution in [0.5, 0.6) is 0 Å². The fourth-order valence-electron chi connectivity index (χ4n) is 2.93. The molecule has 29 heavy (non-hydrogen) atoms. The molecule has 3 aromatic carbocycles. The Morgan fingerprint density at radius 3 is 2.21 bits per heavy atom. The zero-order valence-corrected chi connectivity index (χ0v) is 17.2. The molecule has 1 amide bonds. The summed E-state index contributed by atoms with van der Waals surface area (Å²) in [6.45, 7) is 4.36. The van der Waals surface area contributed by atoms with E-state index >= 15 is 0 Å². The Kier molecular flexibility index (Phi) is 6.34. The molecule has 0 saturated heterocycles. The summed E-state index contributed by atoms with van der Waals surface area (Å²) >= 11 is 0. The number of anilines is 1. The predicted octanol–water partition coefficient (Wildman–Crippen LogP) is 4.33. The van der Waals surface area contributed by atoms with Crippen molar-refractivity contribution < 1.29 is 13.2 Å². The van der Waals surface area contributed by atoms with Gasteiger partial charge in [0.15, 0.2) is 0 Å². The molecule has 3 rings (SSSR count). The molecule has 0 radical (unpaired) electrons. The Bertz CT molecular complexity index is 1080. The molecule has 1 atom stereocenters. The zero-order valence-electron chi connectivity index (χ0n) is 16.4. The Morgan fingerprint density at radius 2 is 1.52 bits per heavy atom. The summed E-state index contributed by atoms with van der Waals surface area (Å²) in [5.74, 6) is -0.188. The minimum atomic E-state index is -3.79. The average Bonchev–Trinajstić information content (AvgIpc) is 2.73. The highest BCUT2D eigenvalue weighted by Crippen LogP contribution is 2.21. The number of carbonyl (C=O) groups excluding carboxylic acids is 1. The van der Waals surface area contributed by atoms with E-state index in [0.717, 1.165) is 11.1 Å². The van der Waals surface area contributed by atoms with Gasteiger partial charge in [0.05, 0.1) is 16.1 Å². The van der Waals surface area contributed by atoms with Crippen LogP contribution in [0.15, 0.2) is 83.8 Å². The molecule has 0 heterocycles. The number of carbonyl (C=O) groups is 1. The molecular formula is C23H24N2O3S. The van der Waals surface area contributed by atoms with Crippen molar-refractivity contribution in [2.75, 3.05) is 11.3 Å². The first-order valence-corrected chi connectivity index (χ1v) is 10.9. The quantitative estimate of drug-likeness (QED) is 0.611. The Labute approximate surface area is 171 Å². The molecule has 0 aliphatic heterocycles. The normalized spacial score (nSPS) is 12.2. The van der Waals surface area contributed by atoms with Gasteiger partial charge in [0.25, 0.3) is 15.9 Å². The van der Waals surface area contributed by atoms with E-state index < -0.39 is 10.0 Å². The van der Waals surface area contributed by atoms with Gasteiger partial charge in [0.1, 0.15) is 0 Å². The number of amides is 1. The van der Waals surface area contributed by atoms with Gasteiger partial charge in [0, 0.05) is 6.54 Å². The fourth-order valence-corrected chi connectivity index (χ4v) is 4.01. The van der Waals surface area contributed by atoms with Crippen molar-refractivity contribution in [1.29, 1.82) is 0 Å². The molecule has 3 aromatic rings. The van der Waals surface area contributed by atoms with Gasteiger partial charge in [-0.2, -0.15) is 0 Å². The first-order chi connectivity index (χ1) is 13.9. The lowest BCUT2D eigenvalue weighted by Gasteiger charge is -2.15. The lowest BCUT2D eigenvalue weighted by Crippen LogP contribution is -2.28. The van der Waals surface area contributed by atoms with Gasteiger partial charge in [-0.3, -0.25) is 9.52 Å². The highest BCUT2D eigenvalue weighted by atomic mass is 32.2. The van der Waals surface area contributed by atoms with Crippen molar-refractivity contribution >= 4 is 21.6 Å². The highest BCUT2D eigenvalue weighted by Gasteiger charge is 2.19. The molecule has 0 unspecified atom stereocenters. The molecule has 0 saturated carbocycles. The van der Waals surface area contributed by atoms with Gasteiger partial charge < -0.3 is 5.32 Å². The van der Waals surface area contributed by atoms with Gasteiger partial charge in [-0.1, -0.05) is 67.1 Å². The summed E-state index contributed by atoms with van der Waals surface area (Å²) in [5.41, 5.74) is 2.62. The molecular weight excluding hydrogens is 384 g/mol. The van der Waals surface area contributed by atoms with Crippen molar-refractivity contribution in [2.45, 2.75) is 24.7 Å². The van der Waals surface area contributed by atoms with E-state index in [9.17, 15) is 13.2 Å². The number of aryl methyl sites for hydroxylation is 1. The largest absolute Gasteiger partial charge is 0.351 e. The maximum Gasteiger partial charge on any atom is 0.261 e. The van der Waals surface area contributed by atoms with Gasteiger partial charge in [-0.25, -0.2) is 8.42 Å². The maximum absolute atomic E-state index is 12.7. The van der Waals surface area contributed by atoms with E-state index in [2.05, 4.69) is 10.0 Å². The van der Waals surface area contributed by atoms with E-state index in [1.54, 1.807) is 48.5 Å². The van der Waals surface area contributed by atoms with Crippen LogP contribution in [0.25, 0.3) is 0 Å². The van der Waals surface area contributed by atoms with Crippen LogP contribution in [0.2, 0.25) is 0 Å². The third kappa shape index (κ3) is 5.23. The topological polar surface area (TPSA) is 75.3 Å². The Hall–Kier alpha value is -3.12. The summed E-state index contributed by atoms with van der Waals surface area (Å²) in [5, 5.41) is 2.90. The molecule has 2 N–H and O–H groups in total. The van der Waals surface area contributed by atoms with Crippen LogP contribution in [0.3, 0.4) is 0 Å². The smallest absolute Gasteiger partial charge is 0.261 e. The SMILES string of the molecule is Cc1ccc(S(=O)(=O)Nc2ccccc2C(=O)NC[C@H](C)c2ccccc2)cc1. The minimum absolute atomic E-state index is 0.136. The number of nitrogens with one attached hydrogen (secondary N) is 2. The van der Waals surface area contributed by atoms with Crippen LogP contribution < -0.4 is 10.0 Å². The lowest BCUT2D eigenvalue weighted by molar-refractivity contribution is 0.0952. The third-order valence-electron chi connectivity index (χ3n) is 4.68. The monoisotopic (exact) mass is 408 g/mol. The van der Waals surface area contributed by atoms with Crippen molar-refractivity contribution in [3.63, 3.8) is 0 Å². The Morgan fingerprint density at radius 1 is 0.897 bits per heavy atom. The summed E-state index contributed by atoms with van der Waals surface area (Å²) < 4.78 is 27.9. The van der Waals surface area contributed by atoms with Crippen LogP contribution in [-0.2, 0) is 10.0 Å². The molecule has 5 nitrogen and oxygen atoms in total. The van der Waals surface area contributed by atoms with E-state index in [0.29, 0.717) is 6.54 Å². The first-order valence-electron chi connectivity index (χ1n) is 9.38. The van der Waals surface area contributed by atoms with Crippen molar-refractivity contribution in [3.8, 4) is 0 Å². The maximum atomic E-state index is 12.7. The summed E-state index contributed by atoms with van der Waals surface area (Å²) in [4.78, 5) is 12.9. The van der Waals surface area contributed by atoms with E-state index in [-0.39, 0.29) is 28.0 Å². The molecule has 6 heteroatoms. The van der Waals surface area contributed by atoms with Gasteiger partial charge in [-0.15, -0.1) is 0 Å². The molecule has 0 aliphatic carbocycles. The molecule has 0 aromatic heterocycles.